The van der Waals surface area contributed by atoms with Gasteiger partial charge in [0.25, 0.3) is 0 Å². The van der Waals surface area contributed by atoms with Gasteiger partial charge in [0.05, 0.1) is 24.3 Å². The van der Waals surface area contributed by atoms with E-state index in [0.717, 1.165) is 0 Å². The van der Waals surface area contributed by atoms with Gasteiger partial charge in [-0.05, 0) is 31.2 Å². The highest BCUT2D eigenvalue weighted by Crippen LogP contribution is 2.33. The van der Waals surface area contributed by atoms with Crippen LogP contribution < -0.4 is 5.32 Å². The number of H-pyrrole nitrogens is 1. The monoisotopic (exact) mass is 391 g/mol. The van der Waals surface area contributed by atoms with E-state index in [9.17, 15) is 8.78 Å². The minimum absolute atomic E-state index is 0.318. The van der Waals surface area contributed by atoms with Gasteiger partial charge in [-0.3, -0.25) is 0 Å². The van der Waals surface area contributed by atoms with Crippen LogP contribution in [0.1, 0.15) is 18.5 Å². The number of aromatic amines is 1. The van der Waals surface area contributed by atoms with E-state index < -0.39 is 5.82 Å². The van der Waals surface area contributed by atoms with Crippen LogP contribution in [0, 0.1) is 11.6 Å². The first-order valence-corrected chi connectivity index (χ1v) is 8.94. The van der Waals surface area contributed by atoms with Gasteiger partial charge in [0, 0.05) is 11.1 Å². The molecule has 0 radical (unpaired) electrons. The molecule has 5 aromatic rings. The van der Waals surface area contributed by atoms with Gasteiger partial charge in [-0.1, -0.05) is 12.1 Å². The zero-order chi connectivity index (χ0) is 20.0. The standard InChI is InChI=1S/C20H15F2N7/c1-11(28-20-17-19(24-9-23-17)25-10-26-20)14-8-15(22)16-5-6-27-29(16)18(14)12-3-2-4-13(21)7-12/h2-11H,1H3,(H2,23,24,25,26,28). The van der Waals surface area contributed by atoms with Crippen LogP contribution in [0.4, 0.5) is 14.6 Å². The van der Waals surface area contributed by atoms with Crippen molar-refractivity contribution in [1.82, 2.24) is 29.5 Å². The predicted molar refractivity (Wildman–Crippen MR) is 104 cm³/mol. The Morgan fingerprint density at radius 2 is 2.00 bits per heavy atom. The number of nitrogens with zero attached hydrogens (tertiary/aromatic N) is 5. The second-order valence-corrected chi connectivity index (χ2v) is 6.62. The lowest BCUT2D eigenvalue weighted by Crippen LogP contribution is -2.13. The molecule has 0 aliphatic carbocycles. The third-order valence-corrected chi connectivity index (χ3v) is 4.80. The maximum atomic E-state index is 14.8. The fourth-order valence-electron chi connectivity index (χ4n) is 3.48. The number of rotatable bonds is 4. The van der Waals surface area contributed by atoms with Crippen molar-refractivity contribution in [3.05, 3.63) is 72.4 Å². The Bertz CT molecular complexity index is 1340. The summed E-state index contributed by atoms with van der Waals surface area (Å²) in [7, 11) is 0. The third kappa shape index (κ3) is 2.87. The largest absolute Gasteiger partial charge is 0.362 e. The molecule has 7 nitrogen and oxygen atoms in total. The van der Waals surface area contributed by atoms with Crippen molar-refractivity contribution in [1.29, 1.82) is 0 Å². The molecule has 0 aliphatic rings. The lowest BCUT2D eigenvalue weighted by Gasteiger charge is -2.20. The van der Waals surface area contributed by atoms with E-state index in [1.54, 1.807) is 18.2 Å². The number of hydrogen-bond donors (Lipinski definition) is 2. The Labute approximate surface area is 163 Å². The summed E-state index contributed by atoms with van der Waals surface area (Å²) >= 11 is 0. The number of nitrogens with one attached hydrogen (secondary N) is 2. The van der Waals surface area contributed by atoms with E-state index in [1.165, 1.54) is 41.6 Å². The summed E-state index contributed by atoms with van der Waals surface area (Å²) in [5.41, 5.74) is 3.28. The van der Waals surface area contributed by atoms with Crippen LogP contribution >= 0.6 is 0 Å². The van der Waals surface area contributed by atoms with Crippen LogP contribution in [0.2, 0.25) is 0 Å². The predicted octanol–water partition coefficient (Wildman–Crippen LogP) is 4.12. The number of benzene rings is 1. The molecule has 144 valence electrons. The van der Waals surface area contributed by atoms with E-state index in [-0.39, 0.29) is 11.9 Å². The number of halogens is 2. The molecule has 1 atom stereocenters. The van der Waals surface area contributed by atoms with Crippen molar-refractivity contribution in [2.75, 3.05) is 5.32 Å². The fraction of sp³-hybridized carbons (Fsp3) is 0.100. The average molecular weight is 391 g/mol. The Morgan fingerprint density at radius 1 is 1.10 bits per heavy atom. The SMILES string of the molecule is CC(Nc1ncnc2nc[nH]c12)c1cc(F)c2ccnn2c1-c1cccc(F)c1. The summed E-state index contributed by atoms with van der Waals surface area (Å²) in [6.45, 7) is 1.87. The average Bonchev–Trinajstić information content (AvgIpc) is 3.38. The van der Waals surface area contributed by atoms with E-state index in [1.807, 2.05) is 6.92 Å². The molecule has 4 heterocycles. The molecular weight excluding hydrogens is 376 g/mol. The number of imidazole rings is 1. The number of fused-ring (bicyclic) bond motifs is 2. The molecule has 1 unspecified atom stereocenters. The zero-order valence-electron chi connectivity index (χ0n) is 15.3. The maximum absolute atomic E-state index is 14.8. The first kappa shape index (κ1) is 17.2. The topological polar surface area (TPSA) is 83.8 Å². The second kappa shape index (κ2) is 6.62. The van der Waals surface area contributed by atoms with Gasteiger partial charge in [-0.2, -0.15) is 5.10 Å². The summed E-state index contributed by atoms with van der Waals surface area (Å²) in [5.74, 6) is -0.263. The molecule has 4 aromatic heterocycles. The molecule has 1 aromatic carbocycles. The second-order valence-electron chi connectivity index (χ2n) is 6.62. The van der Waals surface area contributed by atoms with E-state index in [0.29, 0.717) is 39.3 Å². The molecule has 0 bridgehead atoms. The quantitative estimate of drug-likeness (QED) is 0.482. The fourth-order valence-corrected chi connectivity index (χ4v) is 3.48. The summed E-state index contributed by atoms with van der Waals surface area (Å²) in [4.78, 5) is 15.5. The first-order valence-electron chi connectivity index (χ1n) is 8.94. The van der Waals surface area contributed by atoms with Crippen LogP contribution in [0.5, 0.6) is 0 Å². The van der Waals surface area contributed by atoms with E-state index >= 15 is 0 Å². The Hall–Kier alpha value is -3.88. The normalized spacial score (nSPS) is 12.5. The summed E-state index contributed by atoms with van der Waals surface area (Å²) < 4.78 is 30.2. The van der Waals surface area contributed by atoms with Gasteiger partial charge in [0.15, 0.2) is 11.5 Å². The van der Waals surface area contributed by atoms with Crippen molar-refractivity contribution >= 4 is 22.5 Å². The lowest BCUT2D eigenvalue weighted by atomic mass is 10.00. The molecule has 2 N–H and O–H groups in total. The van der Waals surface area contributed by atoms with Gasteiger partial charge in [-0.15, -0.1) is 0 Å². The highest BCUT2D eigenvalue weighted by atomic mass is 19.1. The minimum Gasteiger partial charge on any atom is -0.362 e. The Kier molecular flexibility index (Phi) is 3.94. The molecule has 5 rings (SSSR count). The number of anilines is 1. The Balaban J connectivity index is 1.67. The molecule has 0 spiro atoms. The summed E-state index contributed by atoms with van der Waals surface area (Å²) in [6, 6.07) is 8.80. The number of pyridine rings is 1. The number of aromatic nitrogens is 6. The molecule has 0 aliphatic heterocycles. The molecule has 0 fully saturated rings. The molecular formula is C20H15F2N7. The smallest absolute Gasteiger partial charge is 0.182 e. The molecule has 9 heteroatoms. The maximum Gasteiger partial charge on any atom is 0.182 e. The van der Waals surface area contributed by atoms with E-state index in [2.05, 4.69) is 30.4 Å². The van der Waals surface area contributed by atoms with Crippen molar-refractivity contribution in [2.45, 2.75) is 13.0 Å². The molecule has 0 amide bonds. The lowest BCUT2D eigenvalue weighted by molar-refractivity contribution is 0.624. The highest BCUT2D eigenvalue weighted by Gasteiger charge is 2.21. The van der Waals surface area contributed by atoms with Crippen molar-refractivity contribution < 1.29 is 8.78 Å². The molecule has 0 saturated heterocycles. The highest BCUT2D eigenvalue weighted by molar-refractivity contribution is 5.82. The van der Waals surface area contributed by atoms with Crippen molar-refractivity contribution in [3.63, 3.8) is 0 Å². The van der Waals surface area contributed by atoms with Crippen LogP contribution in [0.15, 0.2) is 55.2 Å². The van der Waals surface area contributed by atoms with Crippen molar-refractivity contribution in [3.8, 4) is 11.3 Å². The van der Waals surface area contributed by atoms with Crippen LogP contribution in [0.3, 0.4) is 0 Å². The van der Waals surface area contributed by atoms with Crippen LogP contribution in [-0.2, 0) is 0 Å². The zero-order valence-corrected chi connectivity index (χ0v) is 15.3. The summed E-state index contributed by atoms with van der Waals surface area (Å²) in [6.07, 6.45) is 4.45. The van der Waals surface area contributed by atoms with Gasteiger partial charge >= 0.3 is 0 Å². The minimum atomic E-state index is -0.416. The van der Waals surface area contributed by atoms with Gasteiger partial charge in [-0.25, -0.2) is 28.2 Å². The molecule has 0 saturated carbocycles. The van der Waals surface area contributed by atoms with Gasteiger partial charge in [0.1, 0.15) is 29.0 Å². The third-order valence-electron chi connectivity index (χ3n) is 4.80. The van der Waals surface area contributed by atoms with Gasteiger partial charge in [0.2, 0.25) is 0 Å². The number of hydrogen-bond acceptors (Lipinski definition) is 5. The van der Waals surface area contributed by atoms with Gasteiger partial charge < -0.3 is 10.3 Å². The van der Waals surface area contributed by atoms with Crippen LogP contribution in [0.25, 0.3) is 27.9 Å². The molecule has 29 heavy (non-hydrogen) atoms. The first-order chi connectivity index (χ1) is 14.1. The Morgan fingerprint density at radius 3 is 2.86 bits per heavy atom. The van der Waals surface area contributed by atoms with Crippen LogP contribution in [-0.4, -0.2) is 29.5 Å². The summed E-state index contributed by atoms with van der Waals surface area (Å²) in [5, 5.41) is 7.53. The van der Waals surface area contributed by atoms with Crippen molar-refractivity contribution in [2.24, 2.45) is 0 Å². The van der Waals surface area contributed by atoms with E-state index in [4.69, 9.17) is 0 Å².